The smallest absolute Gasteiger partial charge is 0.425 e. The first-order chi connectivity index (χ1) is 8.45. The summed E-state index contributed by atoms with van der Waals surface area (Å²) in [4.78, 5) is 11.1. The second kappa shape index (κ2) is 6.39. The highest BCUT2D eigenvalue weighted by atomic mass is 19.4. The predicted octanol–water partition coefficient (Wildman–Crippen LogP) is 2.70. The Bertz CT molecular complexity index is 376. The molecule has 0 aliphatic rings. The molecule has 0 fully saturated rings. The SMILES string of the molecule is CCOC(=O)C(OCc1ccccc1)C(F)(F)F. The molecule has 1 aromatic carbocycles. The second-order valence-electron chi connectivity index (χ2n) is 3.47. The fraction of sp³-hybridized carbons (Fsp3) is 0.417. The van der Waals surface area contributed by atoms with Gasteiger partial charge in [-0.3, -0.25) is 0 Å². The molecule has 0 aliphatic carbocycles. The summed E-state index contributed by atoms with van der Waals surface area (Å²) in [6.45, 7) is 1.01. The number of alkyl halides is 3. The van der Waals surface area contributed by atoms with Gasteiger partial charge in [0, 0.05) is 0 Å². The molecule has 100 valence electrons. The molecule has 0 saturated heterocycles. The van der Waals surface area contributed by atoms with Crippen LogP contribution in [0.5, 0.6) is 0 Å². The summed E-state index contributed by atoms with van der Waals surface area (Å²) in [7, 11) is 0. The van der Waals surface area contributed by atoms with Gasteiger partial charge < -0.3 is 9.47 Å². The number of hydrogen-bond donors (Lipinski definition) is 0. The van der Waals surface area contributed by atoms with E-state index in [4.69, 9.17) is 0 Å². The molecule has 0 heterocycles. The summed E-state index contributed by atoms with van der Waals surface area (Å²) < 4.78 is 46.7. The van der Waals surface area contributed by atoms with Gasteiger partial charge in [0.15, 0.2) is 0 Å². The molecule has 1 atom stereocenters. The van der Waals surface area contributed by atoms with E-state index in [0.717, 1.165) is 0 Å². The average Bonchev–Trinajstić information content (AvgIpc) is 2.29. The fourth-order valence-electron chi connectivity index (χ4n) is 1.27. The molecule has 0 N–H and O–H groups in total. The Kier molecular flexibility index (Phi) is 5.15. The molecule has 0 aromatic heterocycles. The molecule has 1 unspecified atom stereocenters. The molecule has 3 nitrogen and oxygen atoms in total. The molecule has 0 bridgehead atoms. The van der Waals surface area contributed by atoms with Crippen LogP contribution < -0.4 is 0 Å². The number of carbonyl (C=O) groups is 1. The van der Waals surface area contributed by atoms with Gasteiger partial charge in [0.1, 0.15) is 0 Å². The van der Waals surface area contributed by atoms with E-state index in [2.05, 4.69) is 9.47 Å². The Balaban J connectivity index is 2.65. The van der Waals surface area contributed by atoms with Crippen molar-refractivity contribution in [3.63, 3.8) is 0 Å². The van der Waals surface area contributed by atoms with Crippen LogP contribution >= 0.6 is 0 Å². The zero-order valence-corrected chi connectivity index (χ0v) is 9.74. The Hall–Kier alpha value is -1.56. The standard InChI is InChI=1S/C12H13F3O3/c1-2-17-11(16)10(12(13,14)15)18-8-9-6-4-3-5-7-9/h3-7,10H,2,8H2,1H3. The van der Waals surface area contributed by atoms with Crippen LogP contribution in [0, 0.1) is 0 Å². The number of rotatable bonds is 5. The minimum absolute atomic E-state index is 0.125. The zero-order valence-electron chi connectivity index (χ0n) is 9.74. The van der Waals surface area contributed by atoms with Crippen LogP contribution in [0.4, 0.5) is 13.2 Å². The molecule has 0 saturated carbocycles. The van der Waals surface area contributed by atoms with E-state index in [1.54, 1.807) is 30.3 Å². The third-order valence-corrected chi connectivity index (χ3v) is 2.06. The van der Waals surface area contributed by atoms with E-state index in [1.807, 2.05) is 0 Å². The van der Waals surface area contributed by atoms with Gasteiger partial charge in [0.05, 0.1) is 13.2 Å². The minimum Gasteiger partial charge on any atom is -0.464 e. The molecule has 0 spiro atoms. The zero-order chi connectivity index (χ0) is 13.6. The van der Waals surface area contributed by atoms with Gasteiger partial charge in [-0.2, -0.15) is 13.2 Å². The minimum atomic E-state index is -4.78. The van der Waals surface area contributed by atoms with Crippen molar-refractivity contribution in [1.29, 1.82) is 0 Å². The van der Waals surface area contributed by atoms with Gasteiger partial charge in [0.2, 0.25) is 0 Å². The highest BCUT2D eigenvalue weighted by molar-refractivity contribution is 5.75. The molecular formula is C12H13F3O3. The first-order valence-electron chi connectivity index (χ1n) is 5.34. The molecule has 0 aliphatic heterocycles. The lowest BCUT2D eigenvalue weighted by Crippen LogP contribution is -2.40. The number of esters is 1. The molecule has 0 amide bonds. The van der Waals surface area contributed by atoms with Crippen molar-refractivity contribution in [3.05, 3.63) is 35.9 Å². The van der Waals surface area contributed by atoms with Crippen LogP contribution in [0.25, 0.3) is 0 Å². The number of halogens is 3. The maximum atomic E-state index is 12.6. The van der Waals surface area contributed by atoms with Crippen molar-refractivity contribution < 1.29 is 27.4 Å². The van der Waals surface area contributed by atoms with Crippen molar-refractivity contribution in [2.24, 2.45) is 0 Å². The van der Waals surface area contributed by atoms with Gasteiger partial charge in [-0.05, 0) is 12.5 Å². The Morgan fingerprint density at radius 1 is 1.28 bits per heavy atom. The summed E-state index contributed by atoms with van der Waals surface area (Å²) in [5, 5.41) is 0. The van der Waals surface area contributed by atoms with Gasteiger partial charge in [0.25, 0.3) is 6.10 Å². The van der Waals surface area contributed by atoms with Gasteiger partial charge >= 0.3 is 12.1 Å². The lowest BCUT2D eigenvalue weighted by atomic mass is 10.2. The maximum absolute atomic E-state index is 12.6. The summed E-state index contributed by atoms with van der Waals surface area (Å²) in [6, 6.07) is 8.30. The van der Waals surface area contributed by atoms with Crippen molar-refractivity contribution in [1.82, 2.24) is 0 Å². The summed E-state index contributed by atoms with van der Waals surface area (Å²) >= 11 is 0. The number of carbonyl (C=O) groups excluding carboxylic acids is 1. The first-order valence-corrected chi connectivity index (χ1v) is 5.34. The number of ether oxygens (including phenoxy) is 2. The van der Waals surface area contributed by atoms with Crippen LogP contribution in [0.3, 0.4) is 0 Å². The Labute approximate surface area is 103 Å². The van der Waals surface area contributed by atoms with E-state index < -0.39 is 18.2 Å². The molecular weight excluding hydrogens is 249 g/mol. The first kappa shape index (κ1) is 14.5. The highest BCUT2D eigenvalue weighted by Gasteiger charge is 2.47. The van der Waals surface area contributed by atoms with Crippen LogP contribution in [0.15, 0.2) is 30.3 Å². The van der Waals surface area contributed by atoms with E-state index in [0.29, 0.717) is 5.56 Å². The maximum Gasteiger partial charge on any atom is 0.425 e. The molecule has 6 heteroatoms. The largest absolute Gasteiger partial charge is 0.464 e. The van der Waals surface area contributed by atoms with Gasteiger partial charge in [-0.1, -0.05) is 30.3 Å². The van der Waals surface area contributed by atoms with E-state index >= 15 is 0 Å². The van der Waals surface area contributed by atoms with E-state index in [9.17, 15) is 18.0 Å². The third-order valence-electron chi connectivity index (χ3n) is 2.06. The molecule has 0 radical (unpaired) electrons. The predicted molar refractivity (Wildman–Crippen MR) is 57.7 cm³/mol. The lowest BCUT2D eigenvalue weighted by molar-refractivity contribution is -0.232. The monoisotopic (exact) mass is 262 g/mol. The van der Waals surface area contributed by atoms with Gasteiger partial charge in [-0.25, -0.2) is 4.79 Å². The van der Waals surface area contributed by atoms with Crippen LogP contribution in [0.1, 0.15) is 12.5 Å². The number of hydrogen-bond acceptors (Lipinski definition) is 3. The van der Waals surface area contributed by atoms with Crippen molar-refractivity contribution in [2.75, 3.05) is 6.61 Å². The quantitative estimate of drug-likeness (QED) is 0.765. The topological polar surface area (TPSA) is 35.5 Å². The van der Waals surface area contributed by atoms with Crippen LogP contribution in [-0.4, -0.2) is 24.9 Å². The normalized spacial score (nSPS) is 13.1. The van der Waals surface area contributed by atoms with Gasteiger partial charge in [-0.15, -0.1) is 0 Å². The van der Waals surface area contributed by atoms with E-state index in [-0.39, 0.29) is 13.2 Å². The fourth-order valence-corrected chi connectivity index (χ4v) is 1.27. The van der Waals surface area contributed by atoms with Crippen LogP contribution in [-0.2, 0) is 20.9 Å². The highest BCUT2D eigenvalue weighted by Crippen LogP contribution is 2.25. The van der Waals surface area contributed by atoms with E-state index in [1.165, 1.54) is 6.92 Å². The Morgan fingerprint density at radius 2 is 1.89 bits per heavy atom. The van der Waals surface area contributed by atoms with Crippen LogP contribution in [0.2, 0.25) is 0 Å². The lowest BCUT2D eigenvalue weighted by Gasteiger charge is -2.19. The molecule has 1 rings (SSSR count). The third kappa shape index (κ3) is 4.37. The molecule has 18 heavy (non-hydrogen) atoms. The summed E-state index contributed by atoms with van der Waals surface area (Å²) in [5.41, 5.74) is 0.552. The summed E-state index contributed by atoms with van der Waals surface area (Å²) in [6.07, 6.45) is -7.32. The molecule has 1 aromatic rings. The second-order valence-corrected chi connectivity index (χ2v) is 3.47. The summed E-state index contributed by atoms with van der Waals surface area (Å²) in [5.74, 6) is -1.42. The number of benzene rings is 1. The Morgan fingerprint density at radius 3 is 2.39 bits per heavy atom. The van der Waals surface area contributed by atoms with Crippen molar-refractivity contribution in [2.45, 2.75) is 25.8 Å². The van der Waals surface area contributed by atoms with Crippen molar-refractivity contribution in [3.8, 4) is 0 Å². The average molecular weight is 262 g/mol. The van der Waals surface area contributed by atoms with Crippen molar-refractivity contribution >= 4 is 5.97 Å².